The topological polar surface area (TPSA) is 112 Å². The second kappa shape index (κ2) is 13.5. The summed E-state index contributed by atoms with van der Waals surface area (Å²) in [6, 6.07) is 10.00. The SMILES string of the molecule is COc1ccncc1-c1nccc(C(=O)Nc2nc3cc(N4CCC(N5CCN(C)CC5)CC4)ccc3n2[C@H]2CC[C@@H](O)CC2)c1F. The smallest absolute Gasteiger partial charge is 0.261 e. The molecule has 0 radical (unpaired) electrons. The summed E-state index contributed by atoms with van der Waals surface area (Å²) in [5, 5.41) is 13.1. The lowest BCUT2D eigenvalue weighted by molar-refractivity contribution is 0.0982. The molecule has 4 aromatic rings. The number of nitrogens with zero attached hydrogens (tertiary/aromatic N) is 7. The second-order valence-corrected chi connectivity index (χ2v) is 13.0. The van der Waals surface area contributed by atoms with Crippen molar-refractivity contribution < 1.29 is 19.0 Å². The Hall–Kier alpha value is -4.13. The maximum absolute atomic E-state index is 15.9. The number of halogens is 1. The van der Waals surface area contributed by atoms with Crippen molar-refractivity contribution in [3.63, 3.8) is 0 Å². The molecule has 2 N–H and O–H groups in total. The molecule has 1 amide bonds. The molecule has 1 aliphatic carbocycles. The monoisotopic (exact) mass is 642 g/mol. The summed E-state index contributed by atoms with van der Waals surface area (Å²) in [6.45, 7) is 6.51. The number of pyridine rings is 2. The lowest BCUT2D eigenvalue weighted by atomic mass is 9.93. The number of amides is 1. The lowest BCUT2D eigenvalue weighted by Crippen LogP contribution is -2.52. The van der Waals surface area contributed by atoms with Gasteiger partial charge in [0.1, 0.15) is 11.4 Å². The third-order valence-corrected chi connectivity index (χ3v) is 10.2. The molecule has 0 atom stereocenters. The van der Waals surface area contributed by atoms with Crippen LogP contribution in [0.4, 0.5) is 16.0 Å². The molecule has 7 rings (SSSR count). The van der Waals surface area contributed by atoms with E-state index in [4.69, 9.17) is 9.72 Å². The number of aromatic nitrogens is 4. The fourth-order valence-corrected chi connectivity index (χ4v) is 7.45. The van der Waals surface area contributed by atoms with Gasteiger partial charge in [-0.3, -0.25) is 25.0 Å². The molecule has 1 saturated carbocycles. The van der Waals surface area contributed by atoms with E-state index >= 15 is 4.39 Å². The van der Waals surface area contributed by atoms with Crippen LogP contribution in [0.2, 0.25) is 0 Å². The number of piperidine rings is 1. The predicted octanol–water partition coefficient (Wildman–Crippen LogP) is 4.59. The molecule has 3 fully saturated rings. The predicted molar refractivity (Wildman–Crippen MR) is 179 cm³/mol. The van der Waals surface area contributed by atoms with E-state index in [0.29, 0.717) is 36.1 Å². The summed E-state index contributed by atoms with van der Waals surface area (Å²) in [6.07, 6.45) is 9.22. The van der Waals surface area contributed by atoms with Crippen molar-refractivity contribution in [3.8, 4) is 17.0 Å². The Kier molecular flexibility index (Phi) is 9.07. The van der Waals surface area contributed by atoms with Crippen LogP contribution < -0.4 is 15.0 Å². The zero-order chi connectivity index (χ0) is 32.5. The number of carbonyl (C=O) groups excluding carboxylic acids is 1. The van der Waals surface area contributed by atoms with Crippen molar-refractivity contribution in [2.24, 2.45) is 0 Å². The van der Waals surface area contributed by atoms with Crippen LogP contribution >= 0.6 is 0 Å². The summed E-state index contributed by atoms with van der Waals surface area (Å²) in [5.74, 6) is -0.603. The lowest BCUT2D eigenvalue weighted by Gasteiger charge is -2.42. The molecular weight excluding hydrogens is 599 g/mol. The van der Waals surface area contributed by atoms with Gasteiger partial charge in [0, 0.05) is 75.6 Å². The van der Waals surface area contributed by atoms with Crippen molar-refractivity contribution in [1.29, 1.82) is 0 Å². The molecule has 0 spiro atoms. The van der Waals surface area contributed by atoms with Crippen molar-refractivity contribution >= 4 is 28.6 Å². The normalized spacial score (nSPS) is 21.7. The van der Waals surface area contributed by atoms with Crippen molar-refractivity contribution in [1.82, 2.24) is 29.3 Å². The summed E-state index contributed by atoms with van der Waals surface area (Å²) in [5.41, 5.74) is 3.00. The number of imidazole rings is 1. The van der Waals surface area contributed by atoms with Gasteiger partial charge in [-0.15, -0.1) is 0 Å². The molecule has 2 aliphatic heterocycles. The Balaban J connectivity index is 1.15. The van der Waals surface area contributed by atoms with E-state index in [9.17, 15) is 9.90 Å². The quantitative estimate of drug-likeness (QED) is 0.299. The molecule has 248 valence electrons. The minimum Gasteiger partial charge on any atom is -0.496 e. The van der Waals surface area contributed by atoms with Crippen LogP contribution in [0.3, 0.4) is 0 Å². The van der Waals surface area contributed by atoms with Gasteiger partial charge in [-0.25, -0.2) is 9.37 Å². The van der Waals surface area contributed by atoms with E-state index in [1.54, 1.807) is 12.3 Å². The maximum Gasteiger partial charge on any atom is 0.261 e. The number of benzene rings is 1. The van der Waals surface area contributed by atoms with Crippen LogP contribution in [0, 0.1) is 5.82 Å². The number of nitrogens with one attached hydrogen (secondary N) is 1. The Labute approximate surface area is 274 Å². The van der Waals surface area contributed by atoms with Crippen LogP contribution in [0.15, 0.2) is 48.9 Å². The highest BCUT2D eigenvalue weighted by Gasteiger charge is 2.29. The Morgan fingerprint density at radius 1 is 0.957 bits per heavy atom. The Morgan fingerprint density at radius 3 is 2.47 bits per heavy atom. The molecule has 3 aromatic heterocycles. The highest BCUT2D eigenvalue weighted by Crippen LogP contribution is 2.37. The van der Waals surface area contributed by atoms with Gasteiger partial charge in [0.2, 0.25) is 5.95 Å². The van der Waals surface area contributed by atoms with Gasteiger partial charge in [0.15, 0.2) is 5.82 Å². The van der Waals surface area contributed by atoms with Gasteiger partial charge in [-0.05, 0) is 75.9 Å². The first-order valence-electron chi connectivity index (χ1n) is 16.7. The van der Waals surface area contributed by atoms with Gasteiger partial charge in [-0.2, -0.15) is 0 Å². The summed E-state index contributed by atoms with van der Waals surface area (Å²) in [4.78, 5) is 34.4. The standard InChI is InChI=1S/C35H43FN8O3/c1-41-17-19-43(20-18-41)23-11-15-42(16-12-23)25-5-8-30-29(21-25)39-35(44(30)24-3-6-26(45)7-4-24)40-34(46)27-9-14-38-33(32(27)36)28-22-37-13-10-31(28)47-2/h5,8-10,13-14,21-24,26,45H,3-4,6-7,11-12,15-20H2,1-2H3,(H,39,40,46)/t24-,26+. The number of methoxy groups -OCH3 is 1. The molecule has 5 heterocycles. The second-order valence-electron chi connectivity index (χ2n) is 13.0. The van der Waals surface area contributed by atoms with Gasteiger partial charge in [0.05, 0.1) is 35.4 Å². The van der Waals surface area contributed by atoms with Crippen LogP contribution in [0.1, 0.15) is 54.9 Å². The largest absolute Gasteiger partial charge is 0.496 e. The van der Waals surface area contributed by atoms with Gasteiger partial charge in [0.25, 0.3) is 5.91 Å². The molecule has 12 heteroatoms. The minimum absolute atomic E-state index is 0.0154. The number of piperazine rings is 1. The number of ether oxygens (including phenoxy) is 1. The highest BCUT2D eigenvalue weighted by molar-refractivity contribution is 6.05. The van der Waals surface area contributed by atoms with E-state index in [-0.39, 0.29) is 23.4 Å². The molecule has 0 bridgehead atoms. The molecule has 11 nitrogen and oxygen atoms in total. The molecule has 1 aromatic carbocycles. The fraction of sp³-hybridized carbons (Fsp3) is 0.486. The molecule has 47 heavy (non-hydrogen) atoms. The van der Waals surface area contributed by atoms with E-state index in [2.05, 4.69) is 59.8 Å². The number of carbonyl (C=O) groups is 1. The van der Waals surface area contributed by atoms with Crippen LogP contribution in [0.5, 0.6) is 5.75 Å². The maximum atomic E-state index is 15.9. The zero-order valence-corrected chi connectivity index (χ0v) is 27.1. The van der Waals surface area contributed by atoms with E-state index in [1.807, 2.05) is 0 Å². The average Bonchev–Trinajstić information content (AvgIpc) is 3.46. The first-order chi connectivity index (χ1) is 22.9. The van der Waals surface area contributed by atoms with E-state index in [0.717, 1.165) is 81.7 Å². The van der Waals surface area contributed by atoms with Crippen LogP contribution in [-0.2, 0) is 0 Å². The number of rotatable bonds is 7. The number of anilines is 2. The average molecular weight is 643 g/mol. The first-order valence-corrected chi connectivity index (χ1v) is 16.7. The zero-order valence-electron chi connectivity index (χ0n) is 27.1. The summed E-state index contributed by atoms with van der Waals surface area (Å²) >= 11 is 0. The Morgan fingerprint density at radius 2 is 1.72 bits per heavy atom. The summed E-state index contributed by atoms with van der Waals surface area (Å²) < 4.78 is 23.3. The molecular formula is C35H43FN8O3. The number of hydrogen-bond acceptors (Lipinski definition) is 9. The molecule has 3 aliphatic rings. The van der Waals surface area contributed by atoms with E-state index in [1.165, 1.54) is 25.6 Å². The fourth-order valence-electron chi connectivity index (χ4n) is 7.45. The van der Waals surface area contributed by atoms with Gasteiger partial charge < -0.3 is 24.2 Å². The highest BCUT2D eigenvalue weighted by atomic mass is 19.1. The van der Waals surface area contributed by atoms with Crippen molar-refractivity contribution in [3.05, 3.63) is 60.3 Å². The van der Waals surface area contributed by atoms with E-state index < -0.39 is 11.7 Å². The number of hydrogen-bond donors (Lipinski definition) is 2. The molecule has 0 unspecified atom stereocenters. The third kappa shape index (κ3) is 6.41. The third-order valence-electron chi connectivity index (χ3n) is 10.2. The Bertz CT molecular complexity index is 1720. The minimum atomic E-state index is -0.762. The van der Waals surface area contributed by atoms with Gasteiger partial charge >= 0.3 is 0 Å². The van der Waals surface area contributed by atoms with Crippen LogP contribution in [-0.4, -0.2) is 106 Å². The number of fused-ring (bicyclic) bond motifs is 1. The number of aliphatic hydroxyl groups excluding tert-OH is 1. The first kappa shape index (κ1) is 31.5. The van der Waals surface area contributed by atoms with Crippen molar-refractivity contribution in [2.45, 2.75) is 56.7 Å². The van der Waals surface area contributed by atoms with Crippen molar-refractivity contribution in [2.75, 3.05) is 63.6 Å². The molecule has 2 saturated heterocycles. The number of aliphatic hydroxyl groups is 1. The summed E-state index contributed by atoms with van der Waals surface area (Å²) in [7, 11) is 3.69. The van der Waals surface area contributed by atoms with Crippen LogP contribution in [0.25, 0.3) is 22.3 Å². The van der Waals surface area contributed by atoms with Gasteiger partial charge in [-0.1, -0.05) is 0 Å². The number of likely N-dealkylation sites (N-methyl/N-ethyl adjacent to an activating group) is 1.